The molecule has 2 aliphatic rings. The van der Waals surface area contributed by atoms with Crippen LogP contribution in [0.25, 0.3) is 0 Å². The second kappa shape index (κ2) is 4.54. The quantitative estimate of drug-likeness (QED) is 0.790. The zero-order valence-electron chi connectivity index (χ0n) is 13.4. The number of hydrogen-bond acceptors (Lipinski definition) is 3. The van der Waals surface area contributed by atoms with E-state index in [0.717, 1.165) is 11.1 Å². The Morgan fingerprint density at radius 1 is 1.20 bits per heavy atom. The standard InChI is InChI=1S/C17H26O3/c1-15(2,3)11-9-12(16(4,5)6)14(19)17(10-11)13(20-17)7-8-18/h9-10,13,18H,7-8H2,1-6H3/t13-,17+/m0/s1. The molecule has 0 radical (unpaired) electrons. The van der Waals surface area contributed by atoms with E-state index in [9.17, 15) is 4.79 Å². The Labute approximate surface area is 121 Å². The fraction of sp³-hybridized carbons (Fsp3) is 0.706. The van der Waals surface area contributed by atoms with Crippen LogP contribution in [0.15, 0.2) is 23.3 Å². The molecule has 2 atom stereocenters. The van der Waals surface area contributed by atoms with Crippen molar-refractivity contribution in [3.05, 3.63) is 23.3 Å². The first-order chi connectivity index (χ1) is 9.02. The van der Waals surface area contributed by atoms with Gasteiger partial charge in [0.1, 0.15) is 6.10 Å². The molecule has 0 saturated carbocycles. The van der Waals surface area contributed by atoms with E-state index in [1.54, 1.807) is 0 Å². The summed E-state index contributed by atoms with van der Waals surface area (Å²) in [7, 11) is 0. The number of aliphatic hydroxyl groups is 1. The van der Waals surface area contributed by atoms with Crippen LogP contribution in [0.1, 0.15) is 48.0 Å². The average molecular weight is 278 g/mol. The summed E-state index contributed by atoms with van der Waals surface area (Å²) in [6.07, 6.45) is 4.34. The zero-order valence-corrected chi connectivity index (χ0v) is 13.4. The monoisotopic (exact) mass is 278 g/mol. The number of aliphatic hydroxyl groups excluding tert-OH is 1. The number of carbonyl (C=O) groups excluding carboxylic acids is 1. The van der Waals surface area contributed by atoms with Crippen molar-refractivity contribution in [2.24, 2.45) is 10.8 Å². The van der Waals surface area contributed by atoms with Crippen LogP contribution in [-0.2, 0) is 9.53 Å². The summed E-state index contributed by atoms with van der Waals surface area (Å²) in [5.41, 5.74) is 0.917. The van der Waals surface area contributed by atoms with E-state index in [2.05, 4.69) is 41.5 Å². The number of carbonyl (C=O) groups is 1. The maximum Gasteiger partial charge on any atom is 0.197 e. The maximum absolute atomic E-state index is 12.8. The van der Waals surface area contributed by atoms with Crippen LogP contribution in [0.3, 0.4) is 0 Å². The molecule has 0 aromatic carbocycles. The summed E-state index contributed by atoms with van der Waals surface area (Å²) in [6.45, 7) is 12.6. The SMILES string of the molecule is CC(C)(C)C1=C[C@]2(O[C@H]2CCO)C(=O)C(C(C)(C)C)=C1. The normalized spacial score (nSPS) is 30.4. The molecule has 1 aliphatic heterocycles. The first-order valence-electron chi connectivity index (χ1n) is 7.31. The third-order valence-electron chi connectivity index (χ3n) is 4.09. The lowest BCUT2D eigenvalue weighted by Gasteiger charge is -2.32. The van der Waals surface area contributed by atoms with Crippen LogP contribution in [0.5, 0.6) is 0 Å². The van der Waals surface area contributed by atoms with E-state index in [4.69, 9.17) is 9.84 Å². The van der Waals surface area contributed by atoms with Crippen LogP contribution in [-0.4, -0.2) is 29.2 Å². The van der Waals surface area contributed by atoms with Gasteiger partial charge in [-0.15, -0.1) is 0 Å². The second-order valence-electron chi connectivity index (χ2n) is 7.90. The molecule has 112 valence electrons. The lowest BCUT2D eigenvalue weighted by atomic mass is 9.70. The third kappa shape index (κ3) is 2.49. The van der Waals surface area contributed by atoms with Gasteiger partial charge in [-0.3, -0.25) is 4.79 Å². The molecule has 1 aliphatic carbocycles. The van der Waals surface area contributed by atoms with Gasteiger partial charge in [0.2, 0.25) is 0 Å². The first kappa shape index (κ1) is 15.5. The number of ether oxygens (including phenoxy) is 1. The Morgan fingerprint density at radius 2 is 1.80 bits per heavy atom. The van der Waals surface area contributed by atoms with E-state index in [1.165, 1.54) is 0 Å². The molecule has 1 N–H and O–H groups in total. The van der Waals surface area contributed by atoms with Crippen molar-refractivity contribution in [1.82, 2.24) is 0 Å². The summed E-state index contributed by atoms with van der Waals surface area (Å²) in [5.74, 6) is 0.0662. The first-order valence-corrected chi connectivity index (χ1v) is 7.31. The van der Waals surface area contributed by atoms with Crippen LogP contribution in [0, 0.1) is 10.8 Å². The highest BCUT2D eigenvalue weighted by molar-refractivity contribution is 6.08. The maximum atomic E-state index is 12.8. The lowest BCUT2D eigenvalue weighted by molar-refractivity contribution is -0.120. The smallest absolute Gasteiger partial charge is 0.197 e. The number of ketones is 1. The summed E-state index contributed by atoms with van der Waals surface area (Å²) in [5, 5.41) is 9.10. The summed E-state index contributed by atoms with van der Waals surface area (Å²) < 4.78 is 5.72. The van der Waals surface area contributed by atoms with Gasteiger partial charge in [-0.25, -0.2) is 0 Å². The molecule has 1 fully saturated rings. The molecule has 0 unspecified atom stereocenters. The van der Waals surface area contributed by atoms with Crippen LogP contribution in [0.2, 0.25) is 0 Å². The van der Waals surface area contributed by atoms with E-state index >= 15 is 0 Å². The van der Waals surface area contributed by atoms with Crippen LogP contribution < -0.4 is 0 Å². The molecule has 20 heavy (non-hydrogen) atoms. The van der Waals surface area contributed by atoms with Crippen molar-refractivity contribution < 1.29 is 14.6 Å². The summed E-state index contributed by atoms with van der Waals surface area (Å²) >= 11 is 0. The van der Waals surface area contributed by atoms with Crippen molar-refractivity contribution >= 4 is 5.78 Å². The van der Waals surface area contributed by atoms with Crippen LogP contribution in [0.4, 0.5) is 0 Å². The number of hydrogen-bond donors (Lipinski definition) is 1. The molecule has 3 heteroatoms. The largest absolute Gasteiger partial charge is 0.396 e. The fourth-order valence-corrected chi connectivity index (χ4v) is 2.68. The molecule has 1 heterocycles. The van der Waals surface area contributed by atoms with Crippen molar-refractivity contribution in [3.8, 4) is 0 Å². The highest BCUT2D eigenvalue weighted by Crippen LogP contribution is 2.50. The summed E-state index contributed by atoms with van der Waals surface area (Å²) in [4.78, 5) is 12.8. The predicted octanol–water partition coefficient (Wildman–Crippen LogP) is 3.03. The molecule has 2 rings (SSSR count). The van der Waals surface area contributed by atoms with Gasteiger partial charge < -0.3 is 9.84 Å². The van der Waals surface area contributed by atoms with Crippen molar-refractivity contribution in [2.75, 3.05) is 6.61 Å². The molecule has 0 aromatic rings. The fourth-order valence-electron chi connectivity index (χ4n) is 2.68. The Morgan fingerprint density at radius 3 is 2.25 bits per heavy atom. The van der Waals surface area contributed by atoms with Gasteiger partial charge in [0, 0.05) is 18.6 Å². The van der Waals surface area contributed by atoms with Crippen molar-refractivity contribution in [3.63, 3.8) is 0 Å². The zero-order chi connectivity index (χ0) is 15.3. The lowest BCUT2D eigenvalue weighted by Crippen LogP contribution is -2.36. The van der Waals surface area contributed by atoms with E-state index in [1.807, 2.05) is 12.2 Å². The Hall–Kier alpha value is -0.930. The highest BCUT2D eigenvalue weighted by Gasteiger charge is 2.62. The average Bonchev–Trinajstić information content (AvgIpc) is 2.94. The molecule has 3 nitrogen and oxygen atoms in total. The van der Waals surface area contributed by atoms with Gasteiger partial charge in [-0.2, -0.15) is 0 Å². The Bertz CT molecular complexity index is 485. The minimum absolute atomic E-state index is 0.0279. The summed E-state index contributed by atoms with van der Waals surface area (Å²) in [6, 6.07) is 0. The predicted molar refractivity (Wildman–Crippen MR) is 79.4 cm³/mol. The van der Waals surface area contributed by atoms with Gasteiger partial charge in [0.25, 0.3) is 0 Å². The third-order valence-corrected chi connectivity index (χ3v) is 4.09. The van der Waals surface area contributed by atoms with Gasteiger partial charge in [0.15, 0.2) is 11.4 Å². The Balaban J connectivity index is 2.46. The molecule has 0 bridgehead atoms. The molecule has 0 amide bonds. The van der Waals surface area contributed by atoms with Gasteiger partial charge in [-0.05, 0) is 22.5 Å². The van der Waals surface area contributed by atoms with Crippen molar-refractivity contribution in [2.45, 2.75) is 59.7 Å². The molecular formula is C17H26O3. The molecule has 1 saturated heterocycles. The second-order valence-corrected chi connectivity index (χ2v) is 7.90. The van der Waals surface area contributed by atoms with Gasteiger partial charge >= 0.3 is 0 Å². The minimum atomic E-state index is -0.817. The van der Waals surface area contributed by atoms with Gasteiger partial charge in [-0.1, -0.05) is 47.6 Å². The van der Waals surface area contributed by atoms with Gasteiger partial charge in [0.05, 0.1) is 0 Å². The number of Topliss-reactive ketones (excluding diaryl/α,β-unsaturated/α-hetero) is 1. The molecule has 1 spiro atoms. The number of epoxide rings is 1. The number of allylic oxidation sites excluding steroid dienone is 2. The Kier molecular flexibility index (Phi) is 3.51. The van der Waals surface area contributed by atoms with E-state index in [-0.39, 0.29) is 29.3 Å². The molecule has 0 aromatic heterocycles. The topological polar surface area (TPSA) is 49.8 Å². The van der Waals surface area contributed by atoms with Crippen LogP contribution >= 0.6 is 0 Å². The van der Waals surface area contributed by atoms with E-state index in [0.29, 0.717) is 6.42 Å². The number of rotatable bonds is 2. The van der Waals surface area contributed by atoms with E-state index < -0.39 is 5.60 Å². The highest BCUT2D eigenvalue weighted by atomic mass is 16.6. The molecular weight excluding hydrogens is 252 g/mol. The van der Waals surface area contributed by atoms with Crippen molar-refractivity contribution in [1.29, 1.82) is 0 Å². The minimum Gasteiger partial charge on any atom is -0.396 e.